The van der Waals surface area contributed by atoms with E-state index in [1.54, 1.807) is 24.3 Å². The fourth-order valence-corrected chi connectivity index (χ4v) is 2.10. The van der Waals surface area contributed by atoms with E-state index in [-0.39, 0.29) is 0 Å². The predicted octanol–water partition coefficient (Wildman–Crippen LogP) is 1.30. The van der Waals surface area contributed by atoms with Gasteiger partial charge in [-0.05, 0) is 36.8 Å². The minimum Gasteiger partial charge on any atom is -0.398 e. The summed E-state index contributed by atoms with van der Waals surface area (Å²) in [6.07, 6.45) is 3.02. The molecule has 3 aromatic rings. The Kier molecular flexibility index (Phi) is 2.64. The molecule has 0 aliphatic rings. The van der Waals surface area contributed by atoms with Gasteiger partial charge in [-0.1, -0.05) is 0 Å². The third kappa shape index (κ3) is 1.78. The van der Waals surface area contributed by atoms with Crippen LogP contribution in [0, 0.1) is 6.92 Å². The summed E-state index contributed by atoms with van der Waals surface area (Å²) in [7, 11) is 0. The number of pyridine rings is 1. The topological polar surface area (TPSA) is 93.8 Å². The number of aromatic amines is 1. The van der Waals surface area contributed by atoms with Crippen LogP contribution in [0.5, 0.6) is 0 Å². The number of carbonyl (C=O) groups is 1. The zero-order valence-corrected chi connectivity index (χ0v) is 10.8. The number of aryl methyl sites for hydroxylation is 1. The van der Waals surface area contributed by atoms with Gasteiger partial charge in [0.05, 0.1) is 11.0 Å². The molecule has 6 nitrogen and oxygen atoms in total. The molecule has 0 atom stereocenters. The largest absolute Gasteiger partial charge is 0.398 e. The standard InChI is InChI=1S/C14H12N4O2/c1-8-6-12-11(7-10(8)15)17-14(20)18(12)13(19)9-2-4-16-5-3-9/h2-7H,15H2,1H3,(H,17,20). The Morgan fingerprint density at radius 1 is 1.30 bits per heavy atom. The van der Waals surface area contributed by atoms with Gasteiger partial charge in [0, 0.05) is 23.6 Å². The van der Waals surface area contributed by atoms with E-state index in [9.17, 15) is 9.59 Å². The van der Waals surface area contributed by atoms with Gasteiger partial charge in [0.15, 0.2) is 0 Å². The molecular weight excluding hydrogens is 256 g/mol. The maximum Gasteiger partial charge on any atom is 0.333 e. The van der Waals surface area contributed by atoms with Crippen LogP contribution < -0.4 is 11.4 Å². The molecule has 0 radical (unpaired) electrons. The second-order valence-corrected chi connectivity index (χ2v) is 4.53. The first kappa shape index (κ1) is 12.2. The highest BCUT2D eigenvalue weighted by Crippen LogP contribution is 2.19. The molecule has 0 spiro atoms. The van der Waals surface area contributed by atoms with Crippen molar-refractivity contribution in [3.8, 4) is 0 Å². The van der Waals surface area contributed by atoms with Gasteiger partial charge in [-0.3, -0.25) is 9.78 Å². The normalized spacial score (nSPS) is 10.8. The van der Waals surface area contributed by atoms with Crippen molar-refractivity contribution in [3.05, 3.63) is 58.3 Å². The van der Waals surface area contributed by atoms with E-state index < -0.39 is 11.6 Å². The molecule has 0 saturated heterocycles. The van der Waals surface area contributed by atoms with Crippen molar-refractivity contribution in [3.63, 3.8) is 0 Å². The average molecular weight is 268 g/mol. The molecule has 0 saturated carbocycles. The quantitative estimate of drug-likeness (QED) is 0.650. The monoisotopic (exact) mass is 268 g/mol. The number of aromatic nitrogens is 3. The molecule has 3 rings (SSSR count). The SMILES string of the molecule is Cc1cc2c(cc1N)[nH]c(=O)n2C(=O)c1ccncc1. The summed E-state index contributed by atoms with van der Waals surface area (Å²) in [4.78, 5) is 30.9. The summed E-state index contributed by atoms with van der Waals surface area (Å²) in [6, 6.07) is 6.51. The van der Waals surface area contributed by atoms with Crippen molar-refractivity contribution in [2.45, 2.75) is 6.92 Å². The molecule has 0 bridgehead atoms. The molecule has 0 aliphatic carbocycles. The summed E-state index contributed by atoms with van der Waals surface area (Å²) in [5.41, 5.74) is 8.17. The molecule has 2 aromatic heterocycles. The molecule has 20 heavy (non-hydrogen) atoms. The van der Waals surface area contributed by atoms with Crippen molar-refractivity contribution >= 4 is 22.6 Å². The predicted molar refractivity (Wildman–Crippen MR) is 75.7 cm³/mol. The maximum atomic E-state index is 12.4. The number of nitrogens with one attached hydrogen (secondary N) is 1. The number of rotatable bonds is 1. The smallest absolute Gasteiger partial charge is 0.333 e. The van der Waals surface area contributed by atoms with Crippen LogP contribution in [0.15, 0.2) is 41.5 Å². The number of benzene rings is 1. The summed E-state index contributed by atoms with van der Waals surface area (Å²) < 4.78 is 1.11. The van der Waals surface area contributed by atoms with Crippen molar-refractivity contribution in [1.82, 2.24) is 14.5 Å². The zero-order chi connectivity index (χ0) is 14.3. The van der Waals surface area contributed by atoms with E-state index in [1.165, 1.54) is 12.4 Å². The van der Waals surface area contributed by atoms with Crippen molar-refractivity contribution < 1.29 is 4.79 Å². The summed E-state index contributed by atoms with van der Waals surface area (Å²) in [5, 5.41) is 0. The van der Waals surface area contributed by atoms with Crippen LogP contribution in [0.1, 0.15) is 15.9 Å². The van der Waals surface area contributed by atoms with Crippen molar-refractivity contribution in [1.29, 1.82) is 0 Å². The Balaban J connectivity index is 2.27. The zero-order valence-electron chi connectivity index (χ0n) is 10.8. The van der Waals surface area contributed by atoms with Crippen LogP contribution in [0.3, 0.4) is 0 Å². The van der Waals surface area contributed by atoms with E-state index >= 15 is 0 Å². The second-order valence-electron chi connectivity index (χ2n) is 4.53. The molecule has 3 N–H and O–H groups in total. The number of nitrogen functional groups attached to an aromatic ring is 1. The number of nitrogens with two attached hydrogens (primary N) is 1. The number of imidazole rings is 1. The number of fused-ring (bicyclic) bond motifs is 1. The first-order chi connectivity index (χ1) is 9.58. The number of carbonyl (C=O) groups excluding carboxylic acids is 1. The minimum absolute atomic E-state index is 0.396. The van der Waals surface area contributed by atoms with Gasteiger partial charge < -0.3 is 10.7 Å². The van der Waals surface area contributed by atoms with Crippen LogP contribution in [0.25, 0.3) is 11.0 Å². The highest BCUT2D eigenvalue weighted by molar-refractivity contribution is 6.01. The van der Waals surface area contributed by atoms with Crippen molar-refractivity contribution in [2.75, 3.05) is 5.73 Å². The maximum absolute atomic E-state index is 12.4. The highest BCUT2D eigenvalue weighted by atomic mass is 16.2. The van der Waals surface area contributed by atoms with E-state index in [4.69, 9.17) is 5.73 Å². The third-order valence-electron chi connectivity index (χ3n) is 3.20. The molecular formula is C14H12N4O2. The van der Waals surface area contributed by atoms with Gasteiger partial charge in [-0.2, -0.15) is 0 Å². The Morgan fingerprint density at radius 3 is 2.70 bits per heavy atom. The van der Waals surface area contributed by atoms with Crippen LogP contribution in [0.4, 0.5) is 5.69 Å². The summed E-state index contributed by atoms with van der Waals surface area (Å²) >= 11 is 0. The molecule has 0 amide bonds. The number of nitrogens with zero attached hydrogens (tertiary/aromatic N) is 2. The number of hydrogen-bond acceptors (Lipinski definition) is 4. The van der Waals surface area contributed by atoms with Gasteiger partial charge in [-0.25, -0.2) is 9.36 Å². The fraction of sp³-hybridized carbons (Fsp3) is 0.0714. The Labute approximate surface area is 113 Å². The number of anilines is 1. The van der Waals surface area contributed by atoms with Gasteiger partial charge in [0.25, 0.3) is 5.91 Å². The van der Waals surface area contributed by atoms with Gasteiger partial charge in [-0.15, -0.1) is 0 Å². The van der Waals surface area contributed by atoms with E-state index in [0.29, 0.717) is 22.3 Å². The molecule has 0 aliphatic heterocycles. The second kappa shape index (κ2) is 4.34. The molecule has 2 heterocycles. The lowest BCUT2D eigenvalue weighted by Gasteiger charge is -2.04. The molecule has 0 unspecified atom stereocenters. The van der Waals surface area contributed by atoms with E-state index in [2.05, 4.69) is 9.97 Å². The van der Waals surface area contributed by atoms with Gasteiger partial charge >= 0.3 is 5.69 Å². The molecule has 100 valence electrons. The lowest BCUT2D eigenvalue weighted by molar-refractivity contribution is 0.0961. The lowest BCUT2D eigenvalue weighted by atomic mass is 10.1. The van der Waals surface area contributed by atoms with Crippen LogP contribution >= 0.6 is 0 Å². The summed E-state index contributed by atoms with van der Waals surface area (Å²) in [5.74, 6) is -0.396. The molecule has 0 fully saturated rings. The Hall–Kier alpha value is -2.89. The van der Waals surface area contributed by atoms with E-state index in [0.717, 1.165) is 10.1 Å². The van der Waals surface area contributed by atoms with Crippen LogP contribution in [0.2, 0.25) is 0 Å². The number of hydrogen-bond donors (Lipinski definition) is 2. The van der Waals surface area contributed by atoms with Crippen LogP contribution in [-0.4, -0.2) is 20.4 Å². The van der Waals surface area contributed by atoms with E-state index in [1.807, 2.05) is 6.92 Å². The first-order valence-corrected chi connectivity index (χ1v) is 6.03. The number of H-pyrrole nitrogens is 1. The Morgan fingerprint density at radius 2 is 2.00 bits per heavy atom. The third-order valence-corrected chi connectivity index (χ3v) is 3.20. The first-order valence-electron chi connectivity index (χ1n) is 6.03. The summed E-state index contributed by atoms with van der Waals surface area (Å²) in [6.45, 7) is 1.83. The fourth-order valence-electron chi connectivity index (χ4n) is 2.10. The van der Waals surface area contributed by atoms with Gasteiger partial charge in [0.2, 0.25) is 0 Å². The van der Waals surface area contributed by atoms with Gasteiger partial charge in [0.1, 0.15) is 0 Å². The van der Waals surface area contributed by atoms with Crippen molar-refractivity contribution in [2.24, 2.45) is 0 Å². The molecule has 1 aromatic carbocycles. The Bertz CT molecular complexity index is 862. The highest BCUT2D eigenvalue weighted by Gasteiger charge is 2.16. The minimum atomic E-state index is -0.480. The average Bonchev–Trinajstić information content (AvgIpc) is 2.75. The lowest BCUT2D eigenvalue weighted by Crippen LogP contribution is -2.24. The van der Waals surface area contributed by atoms with Crippen LogP contribution in [-0.2, 0) is 0 Å². The molecule has 6 heteroatoms.